The number of pyridine rings is 1. The van der Waals surface area contributed by atoms with Gasteiger partial charge in [-0.3, -0.25) is 4.79 Å². The fraction of sp³-hybridized carbons (Fsp3) is 0.455. The molecule has 1 aliphatic heterocycles. The third-order valence-corrected chi connectivity index (χ3v) is 2.94. The van der Waals surface area contributed by atoms with E-state index in [4.69, 9.17) is 11.5 Å². The average molecular weight is 220 g/mol. The molecule has 5 heteroatoms. The topological polar surface area (TPSA) is 85.2 Å². The summed E-state index contributed by atoms with van der Waals surface area (Å²) in [6.45, 7) is 1.24. The number of rotatable bonds is 3. The molecular weight excluding hydrogens is 204 g/mol. The van der Waals surface area contributed by atoms with Gasteiger partial charge in [-0.25, -0.2) is 4.98 Å². The normalized spacial score (nSPS) is 20.1. The lowest BCUT2D eigenvalue weighted by molar-refractivity contribution is -0.119. The molecule has 2 rings (SSSR count). The smallest absolute Gasteiger partial charge is 0.240 e. The monoisotopic (exact) mass is 220 g/mol. The van der Waals surface area contributed by atoms with Gasteiger partial charge in [-0.15, -0.1) is 0 Å². The van der Waals surface area contributed by atoms with Crippen molar-refractivity contribution in [3.05, 3.63) is 23.9 Å². The number of nitrogens with zero attached hydrogens (tertiary/aromatic N) is 2. The van der Waals surface area contributed by atoms with Crippen molar-refractivity contribution in [2.24, 2.45) is 11.5 Å². The molecule has 1 amide bonds. The molecule has 5 nitrogen and oxygen atoms in total. The van der Waals surface area contributed by atoms with Crippen molar-refractivity contribution in [1.29, 1.82) is 0 Å². The quantitative estimate of drug-likeness (QED) is 0.750. The lowest BCUT2D eigenvalue weighted by Crippen LogP contribution is -2.41. The lowest BCUT2D eigenvalue weighted by Gasteiger charge is -2.25. The number of hydrogen-bond donors (Lipinski definition) is 2. The van der Waals surface area contributed by atoms with Crippen LogP contribution in [-0.2, 0) is 11.3 Å². The molecule has 1 saturated heterocycles. The number of hydrogen-bond acceptors (Lipinski definition) is 4. The minimum atomic E-state index is -0.286. The van der Waals surface area contributed by atoms with Gasteiger partial charge in [0.1, 0.15) is 11.9 Å². The van der Waals surface area contributed by atoms with Crippen molar-refractivity contribution >= 4 is 11.7 Å². The molecule has 0 bridgehead atoms. The van der Waals surface area contributed by atoms with Crippen LogP contribution in [-0.4, -0.2) is 23.5 Å². The summed E-state index contributed by atoms with van der Waals surface area (Å²) in [6, 6.07) is 3.54. The minimum absolute atomic E-state index is 0.236. The zero-order valence-electron chi connectivity index (χ0n) is 9.10. The molecule has 1 atom stereocenters. The van der Waals surface area contributed by atoms with Crippen LogP contribution in [0.15, 0.2) is 18.3 Å². The number of primary amides is 1. The van der Waals surface area contributed by atoms with Crippen molar-refractivity contribution < 1.29 is 4.79 Å². The van der Waals surface area contributed by atoms with Crippen LogP contribution in [0.4, 0.5) is 5.82 Å². The highest BCUT2D eigenvalue weighted by Gasteiger charge is 2.30. The van der Waals surface area contributed by atoms with Gasteiger partial charge >= 0.3 is 0 Å². The van der Waals surface area contributed by atoms with E-state index in [9.17, 15) is 4.79 Å². The van der Waals surface area contributed by atoms with Gasteiger partial charge in [0.05, 0.1) is 0 Å². The second-order valence-electron chi connectivity index (χ2n) is 3.94. The molecule has 0 aromatic carbocycles. The van der Waals surface area contributed by atoms with Gasteiger partial charge in [0, 0.05) is 24.8 Å². The maximum Gasteiger partial charge on any atom is 0.240 e. The molecule has 0 spiro atoms. The Hall–Kier alpha value is -1.62. The molecule has 1 unspecified atom stereocenters. The summed E-state index contributed by atoms with van der Waals surface area (Å²) in [6.07, 6.45) is 3.48. The van der Waals surface area contributed by atoms with Crippen LogP contribution >= 0.6 is 0 Å². The fourth-order valence-corrected chi connectivity index (χ4v) is 2.16. The van der Waals surface area contributed by atoms with E-state index < -0.39 is 0 Å². The number of anilines is 1. The summed E-state index contributed by atoms with van der Waals surface area (Å²) in [5, 5.41) is 0. The Labute approximate surface area is 94.4 Å². The van der Waals surface area contributed by atoms with E-state index in [-0.39, 0.29) is 11.9 Å². The molecule has 1 fully saturated rings. The minimum Gasteiger partial charge on any atom is -0.368 e. The number of nitrogens with two attached hydrogens (primary N) is 2. The number of carbonyl (C=O) groups is 1. The largest absolute Gasteiger partial charge is 0.368 e. The summed E-state index contributed by atoms with van der Waals surface area (Å²) >= 11 is 0. The molecular formula is C11H16N4O. The molecule has 2 heterocycles. The van der Waals surface area contributed by atoms with E-state index in [1.54, 1.807) is 6.20 Å². The van der Waals surface area contributed by atoms with E-state index in [1.807, 2.05) is 17.0 Å². The zero-order valence-corrected chi connectivity index (χ0v) is 9.10. The molecule has 0 aliphatic carbocycles. The summed E-state index contributed by atoms with van der Waals surface area (Å²) in [5.74, 6) is 0.512. The van der Waals surface area contributed by atoms with Crippen LogP contribution in [0.25, 0.3) is 0 Å². The lowest BCUT2D eigenvalue weighted by atomic mass is 10.2. The van der Waals surface area contributed by atoms with Crippen molar-refractivity contribution in [3.63, 3.8) is 0 Å². The average Bonchev–Trinajstić information content (AvgIpc) is 2.77. The third kappa shape index (κ3) is 1.86. The van der Waals surface area contributed by atoms with Crippen LogP contribution in [0, 0.1) is 0 Å². The van der Waals surface area contributed by atoms with Crippen LogP contribution in [0.1, 0.15) is 18.4 Å². The first kappa shape index (κ1) is 10.9. The Morgan fingerprint density at radius 1 is 1.62 bits per heavy atom. The predicted octanol–water partition coefficient (Wildman–Crippen LogP) is -0.00560. The van der Waals surface area contributed by atoms with Crippen molar-refractivity contribution in [1.82, 2.24) is 4.98 Å². The number of amides is 1. The summed E-state index contributed by atoms with van der Waals surface area (Å²) < 4.78 is 0. The Kier molecular flexibility index (Phi) is 3.05. The highest BCUT2D eigenvalue weighted by Crippen LogP contribution is 2.26. The first-order chi connectivity index (χ1) is 7.74. The third-order valence-electron chi connectivity index (χ3n) is 2.94. The SMILES string of the molecule is NCc1cccnc1N1CCCC1C(N)=O. The van der Waals surface area contributed by atoms with E-state index >= 15 is 0 Å². The second kappa shape index (κ2) is 4.49. The van der Waals surface area contributed by atoms with Crippen LogP contribution in [0.2, 0.25) is 0 Å². The first-order valence-electron chi connectivity index (χ1n) is 5.44. The van der Waals surface area contributed by atoms with E-state index in [2.05, 4.69) is 4.98 Å². The maximum atomic E-state index is 11.3. The van der Waals surface area contributed by atoms with E-state index in [0.29, 0.717) is 6.54 Å². The molecule has 86 valence electrons. The summed E-state index contributed by atoms with van der Waals surface area (Å²) in [4.78, 5) is 17.6. The maximum absolute atomic E-state index is 11.3. The van der Waals surface area contributed by atoms with Gasteiger partial charge in [-0.1, -0.05) is 6.07 Å². The number of aromatic nitrogens is 1. The van der Waals surface area contributed by atoms with Crippen molar-refractivity contribution in [2.75, 3.05) is 11.4 Å². The second-order valence-corrected chi connectivity index (χ2v) is 3.94. The van der Waals surface area contributed by atoms with Gasteiger partial charge in [0.25, 0.3) is 0 Å². The van der Waals surface area contributed by atoms with Gasteiger partial charge in [-0.2, -0.15) is 0 Å². The van der Waals surface area contributed by atoms with Gasteiger partial charge in [0.15, 0.2) is 0 Å². The molecule has 1 aliphatic rings. The zero-order chi connectivity index (χ0) is 11.5. The van der Waals surface area contributed by atoms with Gasteiger partial charge in [0.2, 0.25) is 5.91 Å². The number of carbonyl (C=O) groups excluding carboxylic acids is 1. The van der Waals surface area contributed by atoms with Crippen molar-refractivity contribution in [3.8, 4) is 0 Å². The van der Waals surface area contributed by atoms with E-state index in [0.717, 1.165) is 30.8 Å². The van der Waals surface area contributed by atoms with E-state index in [1.165, 1.54) is 0 Å². The van der Waals surface area contributed by atoms with Gasteiger partial charge in [-0.05, 0) is 18.9 Å². The molecule has 1 aromatic rings. The standard InChI is InChI=1S/C11H16N4O/c12-7-8-3-1-5-14-11(8)15-6-2-4-9(15)10(13)16/h1,3,5,9H,2,4,6-7,12H2,(H2,13,16). The molecule has 1 aromatic heterocycles. The van der Waals surface area contributed by atoms with Crippen LogP contribution in [0.3, 0.4) is 0 Å². The predicted molar refractivity (Wildman–Crippen MR) is 61.7 cm³/mol. The Bertz CT molecular complexity index is 393. The molecule has 16 heavy (non-hydrogen) atoms. The fourth-order valence-electron chi connectivity index (χ4n) is 2.16. The van der Waals surface area contributed by atoms with Crippen LogP contribution < -0.4 is 16.4 Å². The molecule has 4 N–H and O–H groups in total. The van der Waals surface area contributed by atoms with Crippen LogP contribution in [0.5, 0.6) is 0 Å². The first-order valence-corrected chi connectivity index (χ1v) is 5.44. The van der Waals surface area contributed by atoms with Crippen molar-refractivity contribution in [2.45, 2.75) is 25.4 Å². The summed E-state index contributed by atoms with van der Waals surface area (Å²) in [5.41, 5.74) is 12.0. The van der Waals surface area contributed by atoms with Gasteiger partial charge < -0.3 is 16.4 Å². The highest BCUT2D eigenvalue weighted by molar-refractivity contribution is 5.84. The Morgan fingerprint density at radius 2 is 2.44 bits per heavy atom. The highest BCUT2D eigenvalue weighted by atomic mass is 16.1. The summed E-state index contributed by atoms with van der Waals surface area (Å²) in [7, 11) is 0. The molecule has 0 radical (unpaired) electrons. The Balaban J connectivity index is 2.32. The Morgan fingerprint density at radius 3 is 3.12 bits per heavy atom. The molecule has 0 saturated carbocycles.